The molecule has 1 saturated heterocycles. The highest BCUT2D eigenvalue weighted by Crippen LogP contribution is 2.14. The summed E-state index contributed by atoms with van der Waals surface area (Å²) < 4.78 is 0. The summed E-state index contributed by atoms with van der Waals surface area (Å²) in [5.74, 6) is 0. The Kier molecular flexibility index (Phi) is 2.01. The summed E-state index contributed by atoms with van der Waals surface area (Å²) in [5.41, 5.74) is 0. The van der Waals surface area contributed by atoms with Crippen LogP contribution in [-0.2, 0) is 4.79 Å². The summed E-state index contributed by atoms with van der Waals surface area (Å²) in [6.07, 6.45) is 5.53. The second-order valence-electron chi connectivity index (χ2n) is 2.36. The molecule has 1 atom stereocenters. The van der Waals surface area contributed by atoms with Crippen LogP contribution in [0.25, 0.3) is 0 Å². The van der Waals surface area contributed by atoms with E-state index >= 15 is 0 Å². The first kappa shape index (κ1) is 6.49. The van der Waals surface area contributed by atoms with Gasteiger partial charge in [0.15, 0.2) is 0 Å². The molecule has 1 aliphatic heterocycles. The fraction of sp³-hybridized carbons (Fsp3) is 0.571. The molecule has 0 aliphatic carbocycles. The number of hydrogen-bond acceptors (Lipinski definition) is 2. The molecule has 1 rings (SSSR count). The highest BCUT2D eigenvalue weighted by atomic mass is 16.1. The summed E-state index contributed by atoms with van der Waals surface area (Å²) in [6, 6.07) is 0.523. The van der Waals surface area contributed by atoms with E-state index in [4.69, 9.17) is 0 Å². The summed E-state index contributed by atoms with van der Waals surface area (Å²) in [6.45, 7) is 1.16. The van der Waals surface area contributed by atoms with Gasteiger partial charge in [-0.05, 0) is 19.5 Å². The highest BCUT2D eigenvalue weighted by Gasteiger charge is 2.20. The molecule has 0 spiro atoms. The van der Waals surface area contributed by atoms with Crippen molar-refractivity contribution < 1.29 is 4.79 Å². The Bertz CT molecular complexity index is 131. The van der Waals surface area contributed by atoms with Gasteiger partial charge in [0.1, 0.15) is 6.29 Å². The minimum absolute atomic E-state index is 0.523. The first-order chi connectivity index (χ1) is 4.34. The van der Waals surface area contributed by atoms with Crippen molar-refractivity contribution in [3.63, 3.8) is 0 Å². The van der Waals surface area contributed by atoms with Gasteiger partial charge in [-0.3, -0.25) is 9.69 Å². The zero-order chi connectivity index (χ0) is 6.69. The molecule has 0 unspecified atom stereocenters. The van der Waals surface area contributed by atoms with E-state index in [-0.39, 0.29) is 0 Å². The van der Waals surface area contributed by atoms with Gasteiger partial charge in [0.05, 0.1) is 0 Å². The standard InChI is InChI=1S/C7H11NO/c1-8-5-4-7(8)3-2-6-9/h2-3,6-7H,4-5H2,1H3/t7-/m1/s1. The van der Waals surface area contributed by atoms with Gasteiger partial charge in [0.25, 0.3) is 0 Å². The van der Waals surface area contributed by atoms with E-state index in [9.17, 15) is 4.79 Å². The molecule has 0 radical (unpaired) electrons. The van der Waals surface area contributed by atoms with Crippen molar-refractivity contribution in [2.75, 3.05) is 13.6 Å². The average molecular weight is 125 g/mol. The molecule has 0 saturated carbocycles. The zero-order valence-electron chi connectivity index (χ0n) is 5.58. The first-order valence-electron chi connectivity index (χ1n) is 3.17. The first-order valence-corrected chi connectivity index (χ1v) is 3.17. The van der Waals surface area contributed by atoms with Crippen molar-refractivity contribution >= 4 is 6.29 Å². The van der Waals surface area contributed by atoms with Crippen LogP contribution in [0, 0.1) is 0 Å². The van der Waals surface area contributed by atoms with Gasteiger partial charge in [-0.1, -0.05) is 6.08 Å². The molecule has 0 amide bonds. The minimum Gasteiger partial charge on any atom is -0.300 e. The maximum absolute atomic E-state index is 9.85. The number of nitrogens with zero attached hydrogens (tertiary/aromatic N) is 1. The van der Waals surface area contributed by atoms with Gasteiger partial charge in [-0.15, -0.1) is 0 Å². The van der Waals surface area contributed by atoms with Crippen molar-refractivity contribution in [1.29, 1.82) is 0 Å². The summed E-state index contributed by atoms with van der Waals surface area (Å²) in [5, 5.41) is 0. The highest BCUT2D eigenvalue weighted by molar-refractivity contribution is 5.64. The molecule has 0 N–H and O–H groups in total. The topological polar surface area (TPSA) is 20.3 Å². The Morgan fingerprint density at radius 2 is 2.44 bits per heavy atom. The molecule has 50 valence electrons. The van der Waals surface area contributed by atoms with E-state index in [2.05, 4.69) is 11.9 Å². The van der Waals surface area contributed by atoms with Crippen molar-refractivity contribution in [3.8, 4) is 0 Å². The van der Waals surface area contributed by atoms with Crippen LogP contribution in [0.5, 0.6) is 0 Å². The van der Waals surface area contributed by atoms with Crippen molar-refractivity contribution in [1.82, 2.24) is 4.90 Å². The molecule has 0 bridgehead atoms. The lowest BCUT2D eigenvalue weighted by Crippen LogP contribution is -2.42. The number of likely N-dealkylation sites (tertiary alicyclic amines) is 1. The van der Waals surface area contributed by atoms with Crippen LogP contribution < -0.4 is 0 Å². The van der Waals surface area contributed by atoms with E-state index in [1.165, 1.54) is 6.42 Å². The lowest BCUT2D eigenvalue weighted by molar-refractivity contribution is -0.104. The predicted molar refractivity (Wildman–Crippen MR) is 36.2 cm³/mol. The Hall–Kier alpha value is -0.630. The van der Waals surface area contributed by atoms with Gasteiger partial charge in [0.2, 0.25) is 0 Å². The zero-order valence-corrected chi connectivity index (χ0v) is 5.58. The van der Waals surface area contributed by atoms with Crippen molar-refractivity contribution in [2.24, 2.45) is 0 Å². The average Bonchev–Trinajstić information content (AvgIpc) is 1.86. The van der Waals surface area contributed by atoms with Crippen LogP contribution in [0.2, 0.25) is 0 Å². The predicted octanol–water partition coefficient (Wildman–Crippen LogP) is 0.446. The van der Waals surface area contributed by atoms with E-state index in [0.717, 1.165) is 12.8 Å². The van der Waals surface area contributed by atoms with Crippen LogP contribution in [0.4, 0.5) is 0 Å². The fourth-order valence-electron chi connectivity index (χ4n) is 0.953. The van der Waals surface area contributed by atoms with Crippen LogP contribution in [-0.4, -0.2) is 30.8 Å². The second-order valence-corrected chi connectivity index (χ2v) is 2.36. The Morgan fingerprint density at radius 1 is 1.67 bits per heavy atom. The number of hydrogen-bond donors (Lipinski definition) is 0. The number of aldehydes is 1. The number of carbonyl (C=O) groups excluding carboxylic acids is 1. The quantitative estimate of drug-likeness (QED) is 0.394. The Balaban J connectivity index is 2.27. The number of likely N-dealkylation sites (N-methyl/N-ethyl adjacent to an activating group) is 1. The lowest BCUT2D eigenvalue weighted by Gasteiger charge is -2.35. The van der Waals surface area contributed by atoms with E-state index in [1.807, 2.05) is 6.08 Å². The van der Waals surface area contributed by atoms with Gasteiger partial charge in [-0.2, -0.15) is 0 Å². The van der Waals surface area contributed by atoms with E-state index in [0.29, 0.717) is 6.04 Å². The molecule has 2 heteroatoms. The third kappa shape index (κ3) is 1.39. The van der Waals surface area contributed by atoms with Crippen LogP contribution in [0.15, 0.2) is 12.2 Å². The van der Waals surface area contributed by atoms with Crippen LogP contribution in [0.3, 0.4) is 0 Å². The number of rotatable bonds is 2. The Morgan fingerprint density at radius 3 is 2.78 bits per heavy atom. The number of carbonyl (C=O) groups is 1. The second kappa shape index (κ2) is 2.78. The molecule has 1 fully saturated rings. The van der Waals surface area contributed by atoms with Crippen LogP contribution in [0.1, 0.15) is 6.42 Å². The number of allylic oxidation sites excluding steroid dienone is 1. The van der Waals surface area contributed by atoms with Gasteiger partial charge in [-0.25, -0.2) is 0 Å². The van der Waals surface area contributed by atoms with Crippen LogP contribution >= 0.6 is 0 Å². The maximum atomic E-state index is 9.85. The summed E-state index contributed by atoms with van der Waals surface area (Å²) in [7, 11) is 2.06. The third-order valence-corrected chi connectivity index (χ3v) is 1.76. The monoisotopic (exact) mass is 125 g/mol. The molecular formula is C7H11NO. The molecule has 1 aliphatic rings. The molecule has 1 heterocycles. The third-order valence-electron chi connectivity index (χ3n) is 1.76. The molecular weight excluding hydrogens is 114 g/mol. The maximum Gasteiger partial charge on any atom is 0.142 e. The van der Waals surface area contributed by atoms with Crippen molar-refractivity contribution in [2.45, 2.75) is 12.5 Å². The van der Waals surface area contributed by atoms with Gasteiger partial charge in [0, 0.05) is 12.6 Å². The summed E-state index contributed by atoms with van der Waals surface area (Å²) >= 11 is 0. The van der Waals surface area contributed by atoms with Crippen molar-refractivity contribution in [3.05, 3.63) is 12.2 Å². The van der Waals surface area contributed by atoms with E-state index in [1.54, 1.807) is 6.08 Å². The molecule has 9 heavy (non-hydrogen) atoms. The minimum atomic E-state index is 0.523. The smallest absolute Gasteiger partial charge is 0.142 e. The molecule has 2 nitrogen and oxygen atoms in total. The Labute approximate surface area is 55.2 Å². The largest absolute Gasteiger partial charge is 0.300 e. The molecule has 0 aromatic heterocycles. The molecule has 0 aromatic rings. The fourth-order valence-corrected chi connectivity index (χ4v) is 0.953. The lowest BCUT2D eigenvalue weighted by atomic mass is 10.0. The van der Waals surface area contributed by atoms with Gasteiger partial charge < -0.3 is 0 Å². The molecule has 0 aromatic carbocycles. The van der Waals surface area contributed by atoms with E-state index < -0.39 is 0 Å². The normalized spacial score (nSPS) is 28.3. The SMILES string of the molecule is CN1CC[C@H]1C=CC=O. The van der Waals surface area contributed by atoms with Gasteiger partial charge >= 0.3 is 0 Å². The summed E-state index contributed by atoms with van der Waals surface area (Å²) in [4.78, 5) is 12.1.